The Hall–Kier alpha value is -0.300. The van der Waals surface area contributed by atoms with Crippen molar-refractivity contribution in [2.24, 2.45) is 0 Å². The molecule has 0 saturated carbocycles. The standard InChI is InChI=1S/C6H12N/c1-4-6(5-2)7-3/h4-7H,1H2,2-3H3. The Kier molecular flexibility index (Phi) is 3.71. The third kappa shape index (κ3) is 2.40. The van der Waals surface area contributed by atoms with E-state index in [1.165, 1.54) is 0 Å². The molecule has 7 heavy (non-hydrogen) atoms. The summed E-state index contributed by atoms with van der Waals surface area (Å²) in [5.41, 5.74) is 0. The van der Waals surface area contributed by atoms with Crippen LogP contribution in [0.2, 0.25) is 0 Å². The van der Waals surface area contributed by atoms with Gasteiger partial charge < -0.3 is 5.32 Å². The molecule has 0 aliphatic carbocycles. The van der Waals surface area contributed by atoms with Gasteiger partial charge in [-0.3, -0.25) is 0 Å². The molecule has 0 amide bonds. The summed E-state index contributed by atoms with van der Waals surface area (Å²) in [7, 11) is 1.91. The van der Waals surface area contributed by atoms with E-state index in [1.54, 1.807) is 0 Å². The molecule has 0 aromatic carbocycles. The highest BCUT2D eigenvalue weighted by atomic mass is 14.8. The summed E-state index contributed by atoms with van der Waals surface area (Å²) in [5, 5.41) is 3.03. The zero-order valence-electron chi connectivity index (χ0n) is 4.94. The molecule has 1 N–H and O–H groups in total. The Morgan fingerprint density at radius 2 is 2.29 bits per heavy atom. The van der Waals surface area contributed by atoms with Gasteiger partial charge in [-0.1, -0.05) is 13.0 Å². The van der Waals surface area contributed by atoms with Crippen molar-refractivity contribution in [3.8, 4) is 0 Å². The van der Waals surface area contributed by atoms with E-state index < -0.39 is 0 Å². The van der Waals surface area contributed by atoms with E-state index in [9.17, 15) is 0 Å². The molecule has 0 aromatic heterocycles. The first-order valence-corrected chi connectivity index (χ1v) is 2.44. The third-order valence-corrected chi connectivity index (χ3v) is 0.946. The van der Waals surface area contributed by atoms with Crippen LogP contribution in [0.3, 0.4) is 0 Å². The minimum absolute atomic E-state index is 0.375. The van der Waals surface area contributed by atoms with Gasteiger partial charge in [0.25, 0.3) is 0 Å². The number of hydrogen-bond acceptors (Lipinski definition) is 1. The number of hydrogen-bond donors (Lipinski definition) is 1. The van der Waals surface area contributed by atoms with Crippen LogP contribution in [0.4, 0.5) is 0 Å². The summed E-state index contributed by atoms with van der Waals surface area (Å²) >= 11 is 0. The maximum Gasteiger partial charge on any atom is 0.0273 e. The Labute approximate surface area is 45.4 Å². The zero-order valence-corrected chi connectivity index (χ0v) is 4.94. The quantitative estimate of drug-likeness (QED) is 0.519. The van der Waals surface area contributed by atoms with Crippen molar-refractivity contribution >= 4 is 0 Å². The largest absolute Gasteiger partial charge is 0.313 e. The second-order valence-electron chi connectivity index (χ2n) is 1.38. The topological polar surface area (TPSA) is 12.0 Å². The normalized spacial score (nSPS) is 13.4. The van der Waals surface area contributed by atoms with Gasteiger partial charge in [-0.25, -0.2) is 0 Å². The van der Waals surface area contributed by atoms with E-state index in [0.29, 0.717) is 6.04 Å². The third-order valence-electron chi connectivity index (χ3n) is 0.946. The van der Waals surface area contributed by atoms with Gasteiger partial charge in [0.1, 0.15) is 0 Å². The van der Waals surface area contributed by atoms with Crippen molar-refractivity contribution in [3.05, 3.63) is 19.1 Å². The fraction of sp³-hybridized carbons (Fsp3) is 0.500. The molecular weight excluding hydrogens is 86.1 g/mol. The van der Waals surface area contributed by atoms with Gasteiger partial charge in [-0.05, 0) is 13.5 Å². The molecule has 41 valence electrons. The first kappa shape index (κ1) is 6.70. The number of nitrogens with one attached hydrogen (secondary N) is 1. The van der Waals surface area contributed by atoms with Crippen LogP contribution in [0, 0.1) is 6.42 Å². The Balaban J connectivity index is 3.16. The van der Waals surface area contributed by atoms with Crippen LogP contribution in [-0.4, -0.2) is 13.1 Å². The highest BCUT2D eigenvalue weighted by Crippen LogP contribution is 1.85. The molecule has 1 atom stereocenters. The first-order chi connectivity index (χ1) is 3.35. The van der Waals surface area contributed by atoms with Crippen molar-refractivity contribution in [2.45, 2.75) is 13.0 Å². The van der Waals surface area contributed by atoms with Crippen LogP contribution >= 0.6 is 0 Å². The van der Waals surface area contributed by atoms with Crippen molar-refractivity contribution in [1.82, 2.24) is 5.32 Å². The summed E-state index contributed by atoms with van der Waals surface area (Å²) in [4.78, 5) is 0. The number of rotatable bonds is 3. The predicted octanol–water partition coefficient (Wildman–Crippen LogP) is 0.985. The van der Waals surface area contributed by atoms with Crippen LogP contribution in [0.25, 0.3) is 0 Å². The second kappa shape index (κ2) is 3.88. The van der Waals surface area contributed by atoms with Crippen molar-refractivity contribution < 1.29 is 0 Å². The van der Waals surface area contributed by atoms with Crippen LogP contribution in [0.15, 0.2) is 12.7 Å². The van der Waals surface area contributed by atoms with Gasteiger partial charge in [0.15, 0.2) is 0 Å². The summed E-state index contributed by atoms with van der Waals surface area (Å²) in [6.45, 7) is 5.61. The van der Waals surface area contributed by atoms with Crippen molar-refractivity contribution in [1.29, 1.82) is 0 Å². The lowest BCUT2D eigenvalue weighted by molar-refractivity contribution is 0.748. The summed E-state index contributed by atoms with van der Waals surface area (Å²) < 4.78 is 0. The molecule has 0 fully saturated rings. The molecule has 1 nitrogen and oxygen atoms in total. The second-order valence-corrected chi connectivity index (χ2v) is 1.38. The highest BCUT2D eigenvalue weighted by Gasteiger charge is 1.91. The molecule has 0 spiro atoms. The number of likely N-dealkylation sites (N-methyl/N-ethyl adjacent to an activating group) is 1. The highest BCUT2D eigenvalue weighted by molar-refractivity contribution is 4.92. The Morgan fingerprint density at radius 3 is 2.29 bits per heavy atom. The monoisotopic (exact) mass is 98.1 g/mol. The molecule has 0 aliphatic heterocycles. The van der Waals surface area contributed by atoms with Crippen LogP contribution < -0.4 is 5.32 Å². The molecule has 0 saturated heterocycles. The Bertz CT molecular complexity index is 46.1. The average molecular weight is 98.2 g/mol. The van der Waals surface area contributed by atoms with Gasteiger partial charge in [0.2, 0.25) is 0 Å². The molecule has 0 heterocycles. The molecule has 1 heteroatoms. The van der Waals surface area contributed by atoms with Crippen molar-refractivity contribution in [2.75, 3.05) is 7.05 Å². The van der Waals surface area contributed by atoms with Gasteiger partial charge in [0, 0.05) is 6.04 Å². The van der Waals surface area contributed by atoms with E-state index >= 15 is 0 Å². The van der Waals surface area contributed by atoms with Gasteiger partial charge in [0.05, 0.1) is 0 Å². The Morgan fingerprint density at radius 1 is 1.71 bits per heavy atom. The maximum atomic E-state index is 3.61. The smallest absolute Gasteiger partial charge is 0.0273 e. The van der Waals surface area contributed by atoms with E-state index in [4.69, 9.17) is 0 Å². The van der Waals surface area contributed by atoms with Gasteiger partial charge >= 0.3 is 0 Å². The molecule has 1 unspecified atom stereocenters. The van der Waals surface area contributed by atoms with Crippen LogP contribution in [0.1, 0.15) is 6.92 Å². The summed E-state index contributed by atoms with van der Waals surface area (Å²) in [5.74, 6) is 0. The first-order valence-electron chi connectivity index (χ1n) is 2.44. The summed E-state index contributed by atoms with van der Waals surface area (Å²) in [6.07, 6.45) is 3.91. The van der Waals surface area contributed by atoms with E-state index in [-0.39, 0.29) is 0 Å². The van der Waals surface area contributed by atoms with Crippen molar-refractivity contribution in [3.63, 3.8) is 0 Å². The molecule has 0 aliphatic rings. The van der Waals surface area contributed by atoms with E-state index in [2.05, 4.69) is 11.9 Å². The fourth-order valence-corrected chi connectivity index (χ4v) is 0.421. The molecule has 0 aromatic rings. The summed E-state index contributed by atoms with van der Waals surface area (Å²) in [6, 6.07) is 0.375. The maximum absolute atomic E-state index is 3.61. The molecule has 0 rings (SSSR count). The fourth-order valence-electron chi connectivity index (χ4n) is 0.421. The lowest BCUT2D eigenvalue weighted by atomic mass is 10.2. The van der Waals surface area contributed by atoms with Gasteiger partial charge in [-0.2, -0.15) is 0 Å². The molecule has 1 radical (unpaired) electrons. The average Bonchev–Trinajstić information content (AvgIpc) is 1.72. The van der Waals surface area contributed by atoms with E-state index in [1.807, 2.05) is 26.5 Å². The minimum atomic E-state index is 0.375. The molecular formula is C6H12N. The van der Waals surface area contributed by atoms with Crippen LogP contribution in [-0.2, 0) is 0 Å². The lowest BCUT2D eigenvalue weighted by Crippen LogP contribution is -2.21. The van der Waals surface area contributed by atoms with E-state index in [0.717, 1.165) is 0 Å². The lowest BCUT2D eigenvalue weighted by Gasteiger charge is -2.04. The van der Waals surface area contributed by atoms with Crippen LogP contribution in [0.5, 0.6) is 0 Å². The molecule has 0 bridgehead atoms. The zero-order chi connectivity index (χ0) is 5.70. The predicted molar refractivity (Wildman–Crippen MR) is 33.0 cm³/mol. The SMILES string of the molecule is C=CC([CH]C)NC. The van der Waals surface area contributed by atoms with Gasteiger partial charge in [-0.15, -0.1) is 6.58 Å². The minimum Gasteiger partial charge on any atom is -0.313 e.